The molecule has 0 spiro atoms. The van der Waals surface area contributed by atoms with Crippen molar-refractivity contribution in [1.29, 1.82) is 0 Å². The van der Waals surface area contributed by atoms with E-state index in [-0.39, 0.29) is 21.7 Å². The lowest BCUT2D eigenvalue weighted by molar-refractivity contribution is 0.100. The van der Waals surface area contributed by atoms with Gasteiger partial charge >= 0.3 is 0 Å². The summed E-state index contributed by atoms with van der Waals surface area (Å²) in [6, 6.07) is 9.20. The quantitative estimate of drug-likeness (QED) is 0.905. The molecule has 0 saturated carbocycles. The van der Waals surface area contributed by atoms with Gasteiger partial charge in [-0.05, 0) is 48.9 Å². The summed E-state index contributed by atoms with van der Waals surface area (Å²) in [5.74, 6) is -1.17. The van der Waals surface area contributed by atoms with Crippen LogP contribution in [-0.2, 0) is 10.0 Å². The maximum absolute atomic E-state index is 13.0. The van der Waals surface area contributed by atoms with Crippen molar-refractivity contribution >= 4 is 21.6 Å². The molecule has 0 saturated heterocycles. The van der Waals surface area contributed by atoms with Crippen LogP contribution in [0.4, 0.5) is 10.1 Å². The maximum Gasteiger partial charge on any atom is 0.262 e. The third-order valence-electron chi connectivity index (χ3n) is 2.83. The third-order valence-corrected chi connectivity index (χ3v) is 4.37. The Bertz CT molecular complexity index is 804. The number of rotatable bonds is 4. The van der Waals surface area contributed by atoms with E-state index in [1.807, 2.05) is 0 Å². The molecular weight excluding hydrogens is 295 g/mol. The number of sulfonamides is 1. The van der Waals surface area contributed by atoms with E-state index in [1.165, 1.54) is 37.3 Å². The van der Waals surface area contributed by atoms with Gasteiger partial charge in [-0.3, -0.25) is 9.52 Å². The number of carbonyl (C=O) groups is 1. The maximum atomic E-state index is 13.0. The van der Waals surface area contributed by atoms with E-state index in [1.54, 1.807) is 0 Å². The first-order valence-electron chi connectivity index (χ1n) is 5.98. The molecule has 0 aliphatic rings. The van der Waals surface area contributed by atoms with Gasteiger partial charge in [-0.25, -0.2) is 12.8 Å². The molecular formula is C14H13FN2O3S. The molecule has 0 aliphatic carbocycles. The van der Waals surface area contributed by atoms with Gasteiger partial charge in [-0.15, -0.1) is 0 Å². The van der Waals surface area contributed by atoms with Crippen molar-refractivity contribution in [3.05, 3.63) is 59.4 Å². The molecule has 5 nitrogen and oxygen atoms in total. The van der Waals surface area contributed by atoms with Gasteiger partial charge < -0.3 is 5.73 Å². The molecule has 2 rings (SSSR count). The lowest BCUT2D eigenvalue weighted by Crippen LogP contribution is -2.16. The number of benzene rings is 2. The highest BCUT2D eigenvalue weighted by molar-refractivity contribution is 7.92. The van der Waals surface area contributed by atoms with Gasteiger partial charge in [0.25, 0.3) is 10.0 Å². The predicted octanol–water partition coefficient (Wildman–Crippen LogP) is 2.03. The van der Waals surface area contributed by atoms with Crippen LogP contribution in [0.15, 0.2) is 47.4 Å². The Kier molecular flexibility index (Phi) is 3.95. The van der Waals surface area contributed by atoms with Gasteiger partial charge in [-0.2, -0.15) is 0 Å². The molecule has 2 aromatic rings. The van der Waals surface area contributed by atoms with Crippen LogP contribution in [0.5, 0.6) is 0 Å². The summed E-state index contributed by atoms with van der Waals surface area (Å²) < 4.78 is 39.9. The van der Waals surface area contributed by atoms with E-state index in [9.17, 15) is 17.6 Å². The summed E-state index contributed by atoms with van der Waals surface area (Å²) in [5, 5.41) is 0. The second kappa shape index (κ2) is 5.53. The van der Waals surface area contributed by atoms with Crippen LogP contribution in [0.3, 0.4) is 0 Å². The first kappa shape index (κ1) is 15.0. The number of primary amides is 1. The van der Waals surface area contributed by atoms with Crippen molar-refractivity contribution in [2.75, 3.05) is 4.72 Å². The first-order chi connectivity index (χ1) is 9.79. The fourth-order valence-electron chi connectivity index (χ4n) is 1.86. The fraction of sp³-hybridized carbons (Fsp3) is 0.0714. The highest BCUT2D eigenvalue weighted by Crippen LogP contribution is 2.20. The average molecular weight is 308 g/mol. The van der Waals surface area contributed by atoms with E-state index in [0.717, 1.165) is 12.1 Å². The molecule has 0 unspecified atom stereocenters. The van der Waals surface area contributed by atoms with Crippen molar-refractivity contribution < 1.29 is 17.6 Å². The Morgan fingerprint density at radius 2 is 1.90 bits per heavy atom. The van der Waals surface area contributed by atoms with Gasteiger partial charge in [0.2, 0.25) is 5.91 Å². The van der Waals surface area contributed by atoms with Crippen LogP contribution < -0.4 is 10.5 Å². The largest absolute Gasteiger partial charge is 0.366 e. The third kappa shape index (κ3) is 3.38. The molecule has 21 heavy (non-hydrogen) atoms. The molecule has 0 aliphatic heterocycles. The molecule has 0 fully saturated rings. The number of carbonyl (C=O) groups excluding carboxylic acids is 1. The van der Waals surface area contributed by atoms with Crippen molar-refractivity contribution in [1.82, 2.24) is 0 Å². The monoisotopic (exact) mass is 308 g/mol. The second-order valence-electron chi connectivity index (χ2n) is 4.46. The predicted molar refractivity (Wildman–Crippen MR) is 76.9 cm³/mol. The smallest absolute Gasteiger partial charge is 0.262 e. The average Bonchev–Trinajstić information content (AvgIpc) is 2.37. The molecule has 110 valence electrons. The number of halogens is 1. The summed E-state index contributed by atoms with van der Waals surface area (Å²) in [4.78, 5) is 11.0. The molecule has 0 aromatic heterocycles. The van der Waals surface area contributed by atoms with E-state index in [2.05, 4.69) is 4.72 Å². The Morgan fingerprint density at radius 1 is 1.19 bits per heavy atom. The van der Waals surface area contributed by atoms with Crippen LogP contribution in [0.1, 0.15) is 15.9 Å². The normalized spacial score (nSPS) is 11.1. The number of anilines is 1. The minimum absolute atomic E-state index is 0.0339. The first-order valence-corrected chi connectivity index (χ1v) is 7.47. The minimum atomic E-state index is -3.87. The molecule has 7 heteroatoms. The number of aryl methyl sites for hydroxylation is 1. The Labute approximate surface area is 121 Å². The van der Waals surface area contributed by atoms with Gasteiger partial charge in [-0.1, -0.05) is 6.07 Å². The van der Waals surface area contributed by atoms with Gasteiger partial charge in [0.1, 0.15) is 5.82 Å². The highest BCUT2D eigenvalue weighted by atomic mass is 32.2. The molecule has 1 amide bonds. The molecule has 0 bridgehead atoms. The van der Waals surface area contributed by atoms with Crippen molar-refractivity contribution in [2.45, 2.75) is 11.8 Å². The second-order valence-corrected chi connectivity index (χ2v) is 6.11. The lowest BCUT2D eigenvalue weighted by atomic mass is 10.2. The standard InChI is InChI=1S/C14H13FN2O3S/c1-9-7-11(15)5-6-13(9)21(19,20)17-12-4-2-3-10(8-12)14(16)18/h2-8,17H,1H3,(H2,16,18). The van der Waals surface area contributed by atoms with Crippen molar-refractivity contribution in [2.24, 2.45) is 5.73 Å². The fourth-order valence-corrected chi connectivity index (χ4v) is 3.14. The number of nitrogens with two attached hydrogens (primary N) is 1. The molecule has 0 heterocycles. The molecule has 0 atom stereocenters. The van der Waals surface area contributed by atoms with Crippen molar-refractivity contribution in [3.63, 3.8) is 0 Å². The van der Waals surface area contributed by atoms with E-state index in [4.69, 9.17) is 5.73 Å². The van der Waals surface area contributed by atoms with Crippen LogP contribution in [-0.4, -0.2) is 14.3 Å². The summed E-state index contributed by atoms with van der Waals surface area (Å²) in [7, 11) is -3.87. The Balaban J connectivity index is 2.37. The number of amides is 1. The zero-order valence-corrected chi connectivity index (χ0v) is 11.9. The van der Waals surface area contributed by atoms with E-state index in [0.29, 0.717) is 0 Å². The summed E-state index contributed by atoms with van der Waals surface area (Å²) in [5.41, 5.74) is 5.82. The van der Waals surface area contributed by atoms with Crippen LogP contribution in [0.25, 0.3) is 0 Å². The van der Waals surface area contributed by atoms with Crippen molar-refractivity contribution in [3.8, 4) is 0 Å². The molecule has 0 radical (unpaired) electrons. The zero-order valence-electron chi connectivity index (χ0n) is 11.1. The van der Waals surface area contributed by atoms with E-state index < -0.39 is 21.7 Å². The number of nitrogens with one attached hydrogen (secondary N) is 1. The SMILES string of the molecule is Cc1cc(F)ccc1S(=O)(=O)Nc1cccc(C(N)=O)c1. The van der Waals surface area contributed by atoms with Crippen LogP contribution in [0, 0.1) is 12.7 Å². The van der Waals surface area contributed by atoms with Crippen LogP contribution >= 0.6 is 0 Å². The zero-order chi connectivity index (χ0) is 15.6. The molecule has 2 aromatic carbocycles. The summed E-state index contributed by atoms with van der Waals surface area (Å²) in [6.45, 7) is 1.50. The van der Waals surface area contributed by atoms with Gasteiger partial charge in [0, 0.05) is 11.3 Å². The highest BCUT2D eigenvalue weighted by Gasteiger charge is 2.17. The van der Waals surface area contributed by atoms with Gasteiger partial charge in [0.15, 0.2) is 0 Å². The number of hydrogen-bond donors (Lipinski definition) is 2. The topological polar surface area (TPSA) is 89.3 Å². The lowest BCUT2D eigenvalue weighted by Gasteiger charge is -2.11. The number of hydrogen-bond acceptors (Lipinski definition) is 3. The van der Waals surface area contributed by atoms with E-state index >= 15 is 0 Å². The minimum Gasteiger partial charge on any atom is -0.366 e. The molecule has 3 N–H and O–H groups in total. The summed E-state index contributed by atoms with van der Waals surface area (Å²) in [6.07, 6.45) is 0. The Hall–Kier alpha value is -2.41. The van der Waals surface area contributed by atoms with Gasteiger partial charge in [0.05, 0.1) is 4.90 Å². The summed E-state index contributed by atoms with van der Waals surface area (Å²) >= 11 is 0. The Morgan fingerprint density at radius 3 is 2.52 bits per heavy atom. The van der Waals surface area contributed by atoms with Crippen LogP contribution in [0.2, 0.25) is 0 Å².